The average molecular weight is 309 g/mol. The highest BCUT2D eigenvalue weighted by Crippen LogP contribution is 2.25. The molecule has 23 heavy (non-hydrogen) atoms. The van der Waals surface area contributed by atoms with Crippen LogP contribution < -0.4 is 4.90 Å². The molecule has 3 heterocycles. The molecule has 3 aromatic rings. The van der Waals surface area contributed by atoms with Gasteiger partial charge in [-0.05, 0) is 25.5 Å². The Labute approximate surface area is 134 Å². The van der Waals surface area contributed by atoms with Gasteiger partial charge < -0.3 is 9.64 Å². The summed E-state index contributed by atoms with van der Waals surface area (Å²) >= 11 is 0. The molecular formula is C17H19N5O. The molecule has 0 spiro atoms. The summed E-state index contributed by atoms with van der Waals surface area (Å²) in [4.78, 5) is 15.8. The van der Waals surface area contributed by atoms with Crippen molar-refractivity contribution in [2.24, 2.45) is 0 Å². The topological polar surface area (TPSA) is 56.1 Å². The molecule has 6 nitrogen and oxygen atoms in total. The highest BCUT2D eigenvalue weighted by Gasteiger charge is 2.20. The number of hydrogen-bond donors (Lipinski definition) is 0. The van der Waals surface area contributed by atoms with Crippen LogP contribution in [0.1, 0.15) is 13.3 Å². The lowest BCUT2D eigenvalue weighted by atomic mass is 10.3. The second-order valence-corrected chi connectivity index (χ2v) is 5.80. The fourth-order valence-corrected chi connectivity index (χ4v) is 3.02. The number of para-hydroxylation sites is 1. The zero-order chi connectivity index (χ0) is 15.6. The smallest absolute Gasteiger partial charge is 0.170 e. The van der Waals surface area contributed by atoms with Gasteiger partial charge in [0.25, 0.3) is 0 Å². The maximum absolute atomic E-state index is 5.73. The predicted molar refractivity (Wildman–Crippen MR) is 88.9 cm³/mol. The predicted octanol–water partition coefficient (Wildman–Crippen LogP) is 2.43. The molecule has 1 aliphatic heterocycles. The number of anilines is 1. The van der Waals surface area contributed by atoms with Crippen molar-refractivity contribution >= 4 is 17.0 Å². The van der Waals surface area contributed by atoms with E-state index in [-0.39, 0.29) is 6.10 Å². The van der Waals surface area contributed by atoms with E-state index in [1.54, 1.807) is 6.33 Å². The average Bonchev–Trinajstić information content (AvgIpc) is 2.91. The minimum absolute atomic E-state index is 0.193. The van der Waals surface area contributed by atoms with Crippen LogP contribution in [0.5, 0.6) is 0 Å². The summed E-state index contributed by atoms with van der Waals surface area (Å²) in [5.41, 5.74) is 2.72. The van der Waals surface area contributed by atoms with E-state index in [9.17, 15) is 0 Å². The second kappa shape index (κ2) is 5.96. The molecule has 1 atom stereocenters. The van der Waals surface area contributed by atoms with Crippen molar-refractivity contribution in [2.45, 2.75) is 19.4 Å². The van der Waals surface area contributed by atoms with E-state index >= 15 is 0 Å². The summed E-state index contributed by atoms with van der Waals surface area (Å²) in [6, 6.07) is 10.1. The number of nitrogens with zero attached hydrogens (tertiary/aromatic N) is 5. The monoisotopic (exact) mass is 309 g/mol. The Morgan fingerprint density at radius 3 is 2.87 bits per heavy atom. The minimum atomic E-state index is 0.193. The Morgan fingerprint density at radius 2 is 2.00 bits per heavy atom. The van der Waals surface area contributed by atoms with E-state index in [0.717, 1.165) is 48.8 Å². The first-order valence-corrected chi connectivity index (χ1v) is 7.93. The number of fused-ring (bicyclic) bond motifs is 1. The molecule has 0 bridgehead atoms. The fourth-order valence-electron chi connectivity index (χ4n) is 3.02. The van der Waals surface area contributed by atoms with Crippen LogP contribution in [0.2, 0.25) is 0 Å². The number of rotatable bonds is 2. The van der Waals surface area contributed by atoms with E-state index in [0.29, 0.717) is 0 Å². The van der Waals surface area contributed by atoms with Crippen LogP contribution in [-0.2, 0) is 4.74 Å². The Morgan fingerprint density at radius 1 is 1.13 bits per heavy atom. The number of hydrogen-bond acceptors (Lipinski definition) is 5. The summed E-state index contributed by atoms with van der Waals surface area (Å²) in [6.07, 6.45) is 4.62. The zero-order valence-electron chi connectivity index (χ0n) is 13.1. The van der Waals surface area contributed by atoms with Crippen LogP contribution in [0.25, 0.3) is 16.9 Å². The third-order valence-corrected chi connectivity index (χ3v) is 4.10. The lowest BCUT2D eigenvalue weighted by molar-refractivity contribution is 0.0820. The SMILES string of the molecule is CC1CN(c2ncnc3c2ncn3-c2ccccc2)CCCO1. The van der Waals surface area contributed by atoms with Gasteiger partial charge in [-0.1, -0.05) is 18.2 Å². The molecule has 118 valence electrons. The number of ether oxygens (including phenoxy) is 1. The van der Waals surface area contributed by atoms with Crippen molar-refractivity contribution < 1.29 is 4.74 Å². The van der Waals surface area contributed by atoms with E-state index in [4.69, 9.17) is 4.74 Å². The van der Waals surface area contributed by atoms with Gasteiger partial charge in [0.05, 0.1) is 6.10 Å². The summed E-state index contributed by atoms with van der Waals surface area (Å²) in [6.45, 7) is 4.64. The standard InChI is InChI=1S/C17H19N5O/c1-13-10-21(8-5-9-23-13)16-15-17(19-11-18-16)22(12-20-15)14-6-3-2-4-7-14/h2-4,6-7,11-13H,5,8-10H2,1H3. The molecule has 1 saturated heterocycles. The summed E-state index contributed by atoms with van der Waals surface area (Å²) < 4.78 is 7.73. The van der Waals surface area contributed by atoms with Gasteiger partial charge in [0.15, 0.2) is 17.0 Å². The second-order valence-electron chi connectivity index (χ2n) is 5.80. The van der Waals surface area contributed by atoms with Crippen molar-refractivity contribution in [3.05, 3.63) is 43.0 Å². The molecule has 2 aromatic heterocycles. The largest absolute Gasteiger partial charge is 0.377 e. The normalized spacial score (nSPS) is 19.0. The first kappa shape index (κ1) is 14.1. The first-order chi connectivity index (χ1) is 11.3. The molecule has 1 unspecified atom stereocenters. The van der Waals surface area contributed by atoms with Gasteiger partial charge in [-0.15, -0.1) is 0 Å². The van der Waals surface area contributed by atoms with Gasteiger partial charge in [-0.2, -0.15) is 0 Å². The summed E-state index contributed by atoms with van der Waals surface area (Å²) in [5, 5.41) is 0. The molecule has 0 saturated carbocycles. The Bertz CT molecular complexity index is 801. The van der Waals surface area contributed by atoms with Crippen LogP contribution in [-0.4, -0.2) is 45.3 Å². The fraction of sp³-hybridized carbons (Fsp3) is 0.353. The van der Waals surface area contributed by atoms with Crippen LogP contribution in [0.4, 0.5) is 5.82 Å². The molecule has 0 radical (unpaired) electrons. The van der Waals surface area contributed by atoms with Crippen LogP contribution in [0, 0.1) is 0 Å². The molecule has 0 aliphatic carbocycles. The molecule has 1 aromatic carbocycles. The molecule has 0 amide bonds. The molecule has 1 fully saturated rings. The van der Waals surface area contributed by atoms with Gasteiger partial charge in [0, 0.05) is 25.4 Å². The molecular weight excluding hydrogens is 290 g/mol. The van der Waals surface area contributed by atoms with Gasteiger partial charge in [-0.25, -0.2) is 15.0 Å². The molecule has 0 N–H and O–H groups in total. The van der Waals surface area contributed by atoms with E-state index in [1.165, 1.54) is 0 Å². The van der Waals surface area contributed by atoms with Crippen LogP contribution in [0.3, 0.4) is 0 Å². The third kappa shape index (κ3) is 2.66. The van der Waals surface area contributed by atoms with Crippen molar-refractivity contribution in [1.29, 1.82) is 0 Å². The van der Waals surface area contributed by atoms with E-state index in [2.05, 4.69) is 26.8 Å². The van der Waals surface area contributed by atoms with Gasteiger partial charge in [-0.3, -0.25) is 4.57 Å². The Balaban J connectivity index is 1.79. The summed E-state index contributed by atoms with van der Waals surface area (Å²) in [7, 11) is 0. The van der Waals surface area contributed by atoms with Crippen molar-refractivity contribution in [2.75, 3.05) is 24.6 Å². The lowest BCUT2D eigenvalue weighted by Crippen LogP contribution is -2.31. The Kier molecular flexibility index (Phi) is 3.67. The summed E-state index contributed by atoms with van der Waals surface area (Å²) in [5.74, 6) is 0.891. The van der Waals surface area contributed by atoms with Crippen molar-refractivity contribution in [3.8, 4) is 5.69 Å². The van der Waals surface area contributed by atoms with Gasteiger partial charge in [0.1, 0.15) is 12.7 Å². The van der Waals surface area contributed by atoms with Crippen molar-refractivity contribution in [1.82, 2.24) is 19.5 Å². The molecule has 4 rings (SSSR count). The molecule has 1 aliphatic rings. The maximum atomic E-state index is 5.73. The van der Waals surface area contributed by atoms with Gasteiger partial charge >= 0.3 is 0 Å². The minimum Gasteiger partial charge on any atom is -0.377 e. The maximum Gasteiger partial charge on any atom is 0.170 e. The zero-order valence-corrected chi connectivity index (χ0v) is 13.1. The third-order valence-electron chi connectivity index (χ3n) is 4.10. The lowest BCUT2D eigenvalue weighted by Gasteiger charge is -2.23. The van der Waals surface area contributed by atoms with Gasteiger partial charge in [0.2, 0.25) is 0 Å². The van der Waals surface area contributed by atoms with E-state index in [1.807, 2.05) is 41.2 Å². The highest BCUT2D eigenvalue weighted by atomic mass is 16.5. The van der Waals surface area contributed by atoms with Crippen LogP contribution >= 0.6 is 0 Å². The number of imidazole rings is 1. The number of aromatic nitrogens is 4. The first-order valence-electron chi connectivity index (χ1n) is 7.93. The number of benzene rings is 1. The van der Waals surface area contributed by atoms with E-state index < -0.39 is 0 Å². The van der Waals surface area contributed by atoms with Crippen molar-refractivity contribution in [3.63, 3.8) is 0 Å². The van der Waals surface area contributed by atoms with Crippen LogP contribution in [0.15, 0.2) is 43.0 Å². The Hall–Kier alpha value is -2.47. The molecule has 6 heteroatoms. The highest BCUT2D eigenvalue weighted by molar-refractivity contribution is 5.84. The quantitative estimate of drug-likeness (QED) is 0.728.